The second kappa shape index (κ2) is 22.4. The Hall–Kier alpha value is -5.27. The highest BCUT2D eigenvalue weighted by molar-refractivity contribution is 7.86. The summed E-state index contributed by atoms with van der Waals surface area (Å²) >= 11 is 0. The molecule has 2 aromatic carbocycles. The van der Waals surface area contributed by atoms with Crippen LogP contribution >= 0.6 is 0 Å². The molecule has 2 heterocycles. The van der Waals surface area contributed by atoms with Crippen molar-refractivity contribution in [3.8, 4) is 0 Å². The van der Waals surface area contributed by atoms with Crippen LogP contribution < -0.4 is 26.6 Å². The van der Waals surface area contributed by atoms with E-state index < -0.39 is 75.3 Å². The van der Waals surface area contributed by atoms with Gasteiger partial charge in [0.15, 0.2) is 0 Å². The largest absolute Gasteiger partial charge is 0.465 e. The van der Waals surface area contributed by atoms with Gasteiger partial charge in [-0.2, -0.15) is 17.0 Å². The zero-order valence-electron chi connectivity index (χ0n) is 37.5. The van der Waals surface area contributed by atoms with E-state index in [1.165, 1.54) is 22.7 Å². The van der Waals surface area contributed by atoms with Gasteiger partial charge in [-0.05, 0) is 69.9 Å². The van der Waals surface area contributed by atoms with Crippen molar-refractivity contribution < 1.29 is 47.0 Å². The average molecular weight is 899 g/mol. The number of amides is 6. The normalized spacial score (nSPS) is 16.9. The maximum Gasteiger partial charge on any atom is 0.407 e. The molecule has 6 N–H and O–H groups in total. The Balaban J connectivity index is 1.51. The number of unbranched alkanes of at least 4 members (excludes halogenated alkanes) is 1. The second-order valence-corrected chi connectivity index (χ2v) is 20.3. The number of nitrogens with zero attached hydrogens (tertiary/aromatic N) is 3. The molecule has 6 amide bonds. The third-order valence-electron chi connectivity index (χ3n) is 10.9. The van der Waals surface area contributed by atoms with Crippen molar-refractivity contribution in [2.45, 2.75) is 109 Å². The lowest BCUT2D eigenvalue weighted by Gasteiger charge is -2.49. The van der Waals surface area contributed by atoms with E-state index >= 15 is 0 Å². The highest BCUT2D eigenvalue weighted by Crippen LogP contribution is 2.41. The van der Waals surface area contributed by atoms with Crippen LogP contribution in [0.25, 0.3) is 0 Å². The van der Waals surface area contributed by atoms with Crippen LogP contribution in [0.15, 0.2) is 60.7 Å². The summed E-state index contributed by atoms with van der Waals surface area (Å²) < 4.78 is 33.6. The number of ether oxygens (including phenoxy) is 1. The van der Waals surface area contributed by atoms with Crippen LogP contribution in [0.3, 0.4) is 0 Å². The second-order valence-electron chi connectivity index (χ2n) is 18.2. The summed E-state index contributed by atoms with van der Waals surface area (Å²) in [5.74, 6) is -2.46. The minimum atomic E-state index is -3.63. The Morgan fingerprint density at radius 2 is 1.27 bits per heavy atom. The van der Waals surface area contributed by atoms with Crippen LogP contribution in [0.5, 0.6) is 0 Å². The summed E-state index contributed by atoms with van der Waals surface area (Å²) in [6.45, 7) is 10.5. The smallest absolute Gasteiger partial charge is 0.407 e. The van der Waals surface area contributed by atoms with Crippen molar-refractivity contribution in [2.75, 3.05) is 46.8 Å². The Morgan fingerprint density at radius 1 is 0.762 bits per heavy atom. The van der Waals surface area contributed by atoms with Gasteiger partial charge in [0.1, 0.15) is 29.8 Å². The third kappa shape index (κ3) is 15.5. The first-order valence-electron chi connectivity index (χ1n) is 21.5. The van der Waals surface area contributed by atoms with Crippen LogP contribution in [0.4, 0.5) is 9.59 Å². The van der Waals surface area contributed by atoms with Crippen molar-refractivity contribution in [1.29, 1.82) is 0 Å². The third-order valence-corrected chi connectivity index (χ3v) is 12.8. The topological polar surface area (TPSA) is 236 Å². The van der Waals surface area contributed by atoms with E-state index in [0.717, 1.165) is 0 Å². The van der Waals surface area contributed by atoms with Gasteiger partial charge in [0.25, 0.3) is 10.2 Å². The number of hydrogen-bond donors (Lipinski definition) is 6. The van der Waals surface area contributed by atoms with E-state index in [2.05, 4.69) is 26.6 Å². The molecule has 0 saturated carbocycles. The van der Waals surface area contributed by atoms with Gasteiger partial charge in [-0.15, -0.1) is 0 Å². The maximum absolute atomic E-state index is 14.3. The lowest BCUT2D eigenvalue weighted by molar-refractivity contribution is -0.147. The zero-order chi connectivity index (χ0) is 46.5. The zero-order valence-corrected chi connectivity index (χ0v) is 38.3. The molecule has 0 radical (unpaired) electrons. The molecular formula is C44H66N8O10S. The van der Waals surface area contributed by atoms with Gasteiger partial charge in [-0.25, -0.2) is 9.59 Å². The van der Waals surface area contributed by atoms with Gasteiger partial charge in [0.2, 0.25) is 23.6 Å². The van der Waals surface area contributed by atoms with Crippen molar-refractivity contribution >= 4 is 46.0 Å². The molecule has 0 aliphatic carbocycles. The summed E-state index contributed by atoms with van der Waals surface area (Å²) in [6.07, 6.45) is -0.0598. The predicted molar refractivity (Wildman–Crippen MR) is 236 cm³/mol. The summed E-state index contributed by atoms with van der Waals surface area (Å²) in [6, 6.07) is 13.2. The molecule has 2 saturated heterocycles. The van der Waals surface area contributed by atoms with Crippen molar-refractivity contribution in [3.63, 3.8) is 0 Å². The Bertz CT molecular complexity index is 1990. The fourth-order valence-electron chi connectivity index (χ4n) is 7.74. The van der Waals surface area contributed by atoms with Gasteiger partial charge in [0.05, 0.1) is 0 Å². The Labute approximate surface area is 371 Å². The van der Waals surface area contributed by atoms with Gasteiger partial charge in [0, 0.05) is 65.1 Å². The molecule has 2 fully saturated rings. The highest BCUT2D eigenvalue weighted by atomic mass is 32.2. The molecule has 2 aliphatic heterocycles. The molecule has 4 rings (SSSR count). The van der Waals surface area contributed by atoms with Crippen LogP contribution in [0.1, 0.15) is 77.8 Å². The lowest BCUT2D eigenvalue weighted by atomic mass is 9.78. The van der Waals surface area contributed by atoms with E-state index in [-0.39, 0.29) is 50.6 Å². The standard InChI is InChI=1S/C44H66N8O10S/c1-30(2)24-34(47-38(54)35(25-31-16-10-8-11-17-31)48-39(55)36(49-41(57)58)26-32-18-12-9-13-19-32)37(53)46-33(20-14-15-22-45-42(59)62-43(3,4)5)40(56)51-27-44(28-51)21-23-52(29-44)63(60,61)50(6)7/h8-13,16-19,30,33-36,49H,14-15,20-29H2,1-7H3,(H,45,59)(H,46,53)(H,47,54)(H,48,55)(H,57,58)/t33-,34-,35-,36-/m1/s1. The first-order valence-corrected chi connectivity index (χ1v) is 22.9. The number of likely N-dealkylation sites (tertiary alicyclic amines) is 1. The van der Waals surface area contributed by atoms with Crippen molar-refractivity contribution in [2.24, 2.45) is 11.3 Å². The molecule has 18 nitrogen and oxygen atoms in total. The molecule has 0 bridgehead atoms. The van der Waals surface area contributed by atoms with E-state index in [0.29, 0.717) is 50.0 Å². The van der Waals surface area contributed by atoms with E-state index in [1.807, 2.05) is 13.8 Å². The minimum absolute atomic E-state index is 0.0229. The van der Waals surface area contributed by atoms with Gasteiger partial charge in [-0.3, -0.25) is 19.2 Å². The molecule has 1 spiro atoms. The molecule has 4 atom stereocenters. The Kier molecular flexibility index (Phi) is 17.9. The van der Waals surface area contributed by atoms with Crippen molar-refractivity contribution in [1.82, 2.24) is 40.1 Å². The number of hydrogen-bond acceptors (Lipinski definition) is 9. The summed E-state index contributed by atoms with van der Waals surface area (Å²) in [4.78, 5) is 82.0. The fraction of sp³-hybridized carbons (Fsp3) is 0.591. The van der Waals surface area contributed by atoms with Crippen molar-refractivity contribution in [3.05, 3.63) is 71.8 Å². The molecule has 63 heavy (non-hydrogen) atoms. The summed E-state index contributed by atoms with van der Waals surface area (Å²) in [7, 11) is -0.675. The van der Waals surface area contributed by atoms with Crippen LogP contribution in [0.2, 0.25) is 0 Å². The number of rotatable bonds is 21. The monoisotopic (exact) mass is 898 g/mol. The minimum Gasteiger partial charge on any atom is -0.465 e. The molecule has 2 aromatic rings. The number of benzene rings is 2. The predicted octanol–water partition coefficient (Wildman–Crippen LogP) is 2.64. The summed E-state index contributed by atoms with van der Waals surface area (Å²) in [5, 5.41) is 23.0. The number of nitrogens with one attached hydrogen (secondary N) is 5. The number of carboxylic acid groups (broad SMARTS) is 1. The quantitative estimate of drug-likeness (QED) is 0.100. The number of alkyl carbamates (subject to hydrolysis) is 1. The highest BCUT2D eigenvalue weighted by Gasteiger charge is 2.52. The molecule has 0 aromatic heterocycles. The lowest BCUT2D eigenvalue weighted by Crippen LogP contribution is -2.64. The van der Waals surface area contributed by atoms with E-state index in [9.17, 15) is 42.3 Å². The Morgan fingerprint density at radius 3 is 1.78 bits per heavy atom. The van der Waals surface area contributed by atoms with Gasteiger partial charge in [-0.1, -0.05) is 74.5 Å². The van der Waals surface area contributed by atoms with E-state index in [4.69, 9.17) is 4.74 Å². The molecule has 19 heteroatoms. The molecule has 2 aliphatic rings. The van der Waals surface area contributed by atoms with Crippen LogP contribution in [-0.2, 0) is 47.0 Å². The number of carbonyl (C=O) groups is 6. The van der Waals surface area contributed by atoms with Gasteiger partial charge >= 0.3 is 12.2 Å². The SMILES string of the molecule is CC(C)C[C@@H](NC(=O)[C@@H](Cc1ccccc1)NC(=O)[C@@H](Cc1ccccc1)NC(=O)O)C(=O)N[C@H](CCCCNC(=O)OC(C)(C)C)C(=O)N1CC2(CCN(S(=O)(=O)N(C)C)C2)C1. The van der Waals surface area contributed by atoms with Crippen LogP contribution in [0, 0.1) is 11.3 Å². The molecular weight excluding hydrogens is 833 g/mol. The average Bonchev–Trinajstić information content (AvgIpc) is 3.65. The van der Waals surface area contributed by atoms with Crippen LogP contribution in [-0.4, -0.2) is 139 Å². The maximum atomic E-state index is 14.3. The van der Waals surface area contributed by atoms with E-state index in [1.54, 1.807) is 86.3 Å². The van der Waals surface area contributed by atoms with Gasteiger partial charge < -0.3 is 41.3 Å². The summed E-state index contributed by atoms with van der Waals surface area (Å²) in [5.41, 5.74) is 0.322. The molecule has 348 valence electrons. The fourth-order valence-corrected chi connectivity index (χ4v) is 8.96. The number of carbonyl (C=O) groups excluding carboxylic acids is 5. The first-order chi connectivity index (χ1) is 29.6. The molecule has 0 unspecified atom stereocenters. The first kappa shape index (κ1) is 50.4.